The molecule has 42 heavy (non-hydrogen) atoms. The Kier molecular flexibility index (Phi) is 13.6. The molecule has 0 aliphatic carbocycles. The fraction of sp³-hybridized carbons (Fsp3) is 1.00. The molecule has 3 N–H and O–H groups in total. The first kappa shape index (κ1) is 39.7. The molecule has 1 aliphatic rings. The predicted molar refractivity (Wildman–Crippen MR) is 169 cm³/mol. The van der Waals surface area contributed by atoms with Crippen LogP contribution in [0.3, 0.4) is 0 Å². The van der Waals surface area contributed by atoms with Gasteiger partial charge in [-0.05, 0) is 123 Å². The molecule has 0 aromatic heterocycles. The van der Waals surface area contributed by atoms with E-state index in [0.29, 0.717) is 45.7 Å². The topological polar surface area (TPSA) is 107 Å². The third-order valence-corrected chi connectivity index (χ3v) is 8.66. The summed E-state index contributed by atoms with van der Waals surface area (Å²) in [7, 11) is 0. The van der Waals surface area contributed by atoms with E-state index in [4.69, 9.17) is 23.7 Å². The van der Waals surface area contributed by atoms with Crippen molar-refractivity contribution in [2.24, 2.45) is 17.8 Å². The summed E-state index contributed by atoms with van der Waals surface area (Å²) in [5.41, 5.74) is -4.94. The van der Waals surface area contributed by atoms with Crippen molar-refractivity contribution in [3.63, 3.8) is 0 Å². The van der Waals surface area contributed by atoms with Gasteiger partial charge in [0.1, 0.15) is 0 Å². The molecule has 0 bridgehead atoms. The second-order valence-electron chi connectivity index (χ2n) is 16.7. The molecule has 1 heterocycles. The molecule has 0 aromatic carbocycles. The van der Waals surface area contributed by atoms with Crippen molar-refractivity contribution in [2.45, 2.75) is 168 Å². The van der Waals surface area contributed by atoms with E-state index in [0.717, 1.165) is 0 Å². The van der Waals surface area contributed by atoms with Gasteiger partial charge in [0.05, 0.1) is 71.7 Å². The largest absolute Gasteiger partial charge is 0.390 e. The van der Waals surface area contributed by atoms with Gasteiger partial charge in [-0.15, -0.1) is 0 Å². The van der Waals surface area contributed by atoms with Gasteiger partial charge < -0.3 is 39.0 Å². The standard InChI is InChI=1S/C34H68O8/c1-16-39-31(8,9)21-24(32(10,11)40-19-17-28(2,3)35)27-26(34(14,15)42-23-30(6,7)37)25(22-38-27)33(12,13)41-20-18-29(4,5)36/h24-27,35-37H,16-23H2,1-15H3. The average molecular weight is 605 g/mol. The summed E-state index contributed by atoms with van der Waals surface area (Å²) in [5, 5.41) is 31.2. The zero-order valence-corrected chi connectivity index (χ0v) is 29.8. The van der Waals surface area contributed by atoms with Crippen LogP contribution >= 0.6 is 0 Å². The van der Waals surface area contributed by atoms with Crippen LogP contribution in [0.15, 0.2) is 0 Å². The second kappa shape index (κ2) is 14.4. The van der Waals surface area contributed by atoms with Crippen molar-refractivity contribution in [2.75, 3.05) is 33.0 Å². The Morgan fingerprint density at radius 3 is 1.62 bits per heavy atom. The van der Waals surface area contributed by atoms with Crippen molar-refractivity contribution in [3.05, 3.63) is 0 Å². The van der Waals surface area contributed by atoms with E-state index >= 15 is 0 Å². The normalized spacial score (nSPS) is 22.6. The minimum atomic E-state index is -0.990. The molecule has 8 nitrogen and oxygen atoms in total. The molecular formula is C34H68O8. The fourth-order valence-electron chi connectivity index (χ4n) is 6.07. The quantitative estimate of drug-likeness (QED) is 0.167. The zero-order chi connectivity index (χ0) is 33.0. The first-order valence-corrected chi connectivity index (χ1v) is 16.0. The van der Waals surface area contributed by atoms with Crippen molar-refractivity contribution < 1.29 is 39.0 Å². The van der Waals surface area contributed by atoms with E-state index in [1.807, 2.05) is 6.92 Å². The molecule has 1 fully saturated rings. The van der Waals surface area contributed by atoms with Crippen molar-refractivity contribution in [1.82, 2.24) is 0 Å². The highest BCUT2D eigenvalue weighted by Gasteiger charge is 2.57. The van der Waals surface area contributed by atoms with Gasteiger partial charge in [0, 0.05) is 24.4 Å². The van der Waals surface area contributed by atoms with Crippen LogP contribution in [-0.2, 0) is 23.7 Å². The third-order valence-electron chi connectivity index (χ3n) is 8.66. The van der Waals surface area contributed by atoms with Gasteiger partial charge in [0.15, 0.2) is 0 Å². The Bertz CT molecular complexity index is 798. The lowest BCUT2D eigenvalue weighted by atomic mass is 9.65. The van der Waals surface area contributed by atoms with Gasteiger partial charge in [-0.2, -0.15) is 0 Å². The van der Waals surface area contributed by atoms with Gasteiger partial charge in [0.25, 0.3) is 0 Å². The number of hydrogen-bond donors (Lipinski definition) is 3. The Hall–Kier alpha value is -0.320. The molecular weight excluding hydrogens is 536 g/mol. The van der Waals surface area contributed by atoms with Crippen LogP contribution < -0.4 is 0 Å². The van der Waals surface area contributed by atoms with Crippen LogP contribution in [0, 0.1) is 17.8 Å². The van der Waals surface area contributed by atoms with Crippen LogP contribution in [0.25, 0.3) is 0 Å². The van der Waals surface area contributed by atoms with Crippen LogP contribution in [0.1, 0.15) is 123 Å². The van der Waals surface area contributed by atoms with E-state index in [2.05, 4.69) is 55.4 Å². The highest BCUT2D eigenvalue weighted by Crippen LogP contribution is 2.50. The summed E-state index contributed by atoms with van der Waals surface area (Å²) in [6, 6.07) is 0. The molecule has 4 unspecified atom stereocenters. The van der Waals surface area contributed by atoms with E-state index in [1.165, 1.54) is 0 Å². The van der Waals surface area contributed by atoms with Crippen molar-refractivity contribution in [1.29, 1.82) is 0 Å². The van der Waals surface area contributed by atoms with Crippen molar-refractivity contribution in [3.8, 4) is 0 Å². The summed E-state index contributed by atoms with van der Waals surface area (Å²) in [6.07, 6.45) is 1.45. The van der Waals surface area contributed by atoms with E-state index < -0.39 is 39.2 Å². The first-order valence-electron chi connectivity index (χ1n) is 16.0. The summed E-state index contributed by atoms with van der Waals surface area (Å²) in [4.78, 5) is 0. The maximum absolute atomic E-state index is 10.6. The minimum absolute atomic E-state index is 0.0361. The van der Waals surface area contributed by atoms with Gasteiger partial charge in [0.2, 0.25) is 0 Å². The monoisotopic (exact) mass is 604 g/mol. The molecule has 1 rings (SSSR count). The highest BCUT2D eigenvalue weighted by molar-refractivity contribution is 5.06. The van der Waals surface area contributed by atoms with Crippen LogP contribution in [0.5, 0.6) is 0 Å². The molecule has 0 saturated carbocycles. The van der Waals surface area contributed by atoms with E-state index in [-0.39, 0.29) is 30.5 Å². The SMILES string of the molecule is CCOC(C)(C)CC(C1OCC(C(C)(C)OCCC(C)(C)O)C1C(C)(C)OCC(C)(C)O)C(C)(C)OCCC(C)(C)O. The fourth-order valence-corrected chi connectivity index (χ4v) is 6.07. The van der Waals surface area contributed by atoms with Crippen LogP contribution in [0.2, 0.25) is 0 Å². The maximum Gasteiger partial charge on any atom is 0.0824 e. The Morgan fingerprint density at radius 2 is 1.17 bits per heavy atom. The maximum atomic E-state index is 10.6. The molecule has 4 atom stereocenters. The molecule has 1 aliphatic heterocycles. The molecule has 252 valence electrons. The molecule has 8 heteroatoms. The van der Waals surface area contributed by atoms with Crippen LogP contribution in [-0.4, -0.2) is 93.7 Å². The number of rotatable bonds is 19. The lowest BCUT2D eigenvalue weighted by Gasteiger charge is -2.49. The summed E-state index contributed by atoms with van der Waals surface area (Å²) < 4.78 is 32.6. The Morgan fingerprint density at radius 1 is 0.667 bits per heavy atom. The molecule has 0 amide bonds. The average Bonchev–Trinajstić information content (AvgIpc) is 3.20. The van der Waals surface area contributed by atoms with E-state index in [9.17, 15) is 15.3 Å². The second-order valence-corrected chi connectivity index (χ2v) is 16.7. The zero-order valence-electron chi connectivity index (χ0n) is 29.8. The van der Waals surface area contributed by atoms with Gasteiger partial charge in [-0.1, -0.05) is 0 Å². The minimum Gasteiger partial charge on any atom is -0.390 e. The number of ether oxygens (including phenoxy) is 5. The van der Waals surface area contributed by atoms with Crippen LogP contribution in [0.4, 0.5) is 0 Å². The number of hydrogen-bond acceptors (Lipinski definition) is 8. The molecule has 0 spiro atoms. The molecule has 0 aromatic rings. The van der Waals surface area contributed by atoms with E-state index in [1.54, 1.807) is 41.5 Å². The smallest absolute Gasteiger partial charge is 0.0824 e. The lowest BCUT2D eigenvalue weighted by molar-refractivity contribution is -0.181. The molecule has 1 saturated heterocycles. The summed E-state index contributed by atoms with van der Waals surface area (Å²) in [5.74, 6) is -0.240. The lowest BCUT2D eigenvalue weighted by Crippen LogP contribution is -2.56. The highest BCUT2D eigenvalue weighted by atomic mass is 16.5. The summed E-state index contributed by atoms with van der Waals surface area (Å²) in [6.45, 7) is 31.5. The van der Waals surface area contributed by atoms with Gasteiger partial charge >= 0.3 is 0 Å². The molecule has 0 radical (unpaired) electrons. The Labute approximate surface area is 258 Å². The van der Waals surface area contributed by atoms with Crippen molar-refractivity contribution >= 4 is 0 Å². The van der Waals surface area contributed by atoms with Gasteiger partial charge in [-0.25, -0.2) is 0 Å². The predicted octanol–water partition coefficient (Wildman–Crippen LogP) is 5.92. The van der Waals surface area contributed by atoms with Gasteiger partial charge in [-0.3, -0.25) is 0 Å². The Balaban J connectivity index is 3.57. The third kappa shape index (κ3) is 13.4. The number of aliphatic hydroxyl groups is 3. The summed E-state index contributed by atoms with van der Waals surface area (Å²) >= 11 is 0. The first-order chi connectivity index (χ1) is 18.6.